The largest absolute Gasteiger partial charge is 0.453 e. The number of carbonyl (C=O) groups is 2. The van der Waals surface area contributed by atoms with Gasteiger partial charge >= 0.3 is 5.97 Å². The number of hydrogen-bond acceptors (Lipinski definition) is 3. The molecule has 0 N–H and O–H groups in total. The van der Waals surface area contributed by atoms with Gasteiger partial charge in [-0.3, -0.25) is 4.79 Å². The summed E-state index contributed by atoms with van der Waals surface area (Å²) in [5.41, 5.74) is 0.102. The van der Waals surface area contributed by atoms with Crippen molar-refractivity contribution >= 4 is 11.9 Å². The fraction of sp³-hybridized carbons (Fsp3) is 0.765. The van der Waals surface area contributed by atoms with Gasteiger partial charge in [-0.2, -0.15) is 0 Å². The lowest BCUT2D eigenvalue weighted by Crippen LogP contribution is -2.64. The van der Waals surface area contributed by atoms with E-state index in [1.54, 1.807) is 0 Å². The van der Waals surface area contributed by atoms with E-state index in [9.17, 15) is 9.59 Å². The molecule has 0 radical (unpaired) electrons. The van der Waals surface area contributed by atoms with Crippen molar-refractivity contribution in [3.8, 4) is 0 Å². The molecule has 0 aliphatic carbocycles. The monoisotopic (exact) mass is 289 g/mol. The fourth-order valence-electron chi connectivity index (χ4n) is 5.71. The normalized spacial score (nSPS) is 45.2. The number of ether oxygens (including phenoxy) is 1. The highest BCUT2D eigenvalue weighted by atomic mass is 16.6. The number of piperidine rings is 1. The van der Waals surface area contributed by atoms with Crippen LogP contribution in [0.3, 0.4) is 0 Å². The predicted octanol–water partition coefficient (Wildman–Crippen LogP) is 2.43. The van der Waals surface area contributed by atoms with Gasteiger partial charge in [0.25, 0.3) is 0 Å². The van der Waals surface area contributed by atoms with Gasteiger partial charge in [0.1, 0.15) is 5.60 Å². The Morgan fingerprint density at radius 2 is 2.14 bits per heavy atom. The van der Waals surface area contributed by atoms with Crippen molar-refractivity contribution in [1.82, 2.24) is 4.90 Å². The Labute approximate surface area is 125 Å². The molecule has 5 atom stereocenters. The molecule has 0 saturated carbocycles. The topological polar surface area (TPSA) is 46.6 Å². The maximum Gasteiger partial charge on any atom is 0.334 e. The van der Waals surface area contributed by atoms with E-state index in [1.165, 1.54) is 0 Å². The molecule has 0 aromatic rings. The lowest BCUT2D eigenvalue weighted by Gasteiger charge is -2.53. The van der Waals surface area contributed by atoms with Crippen molar-refractivity contribution in [2.45, 2.75) is 69.6 Å². The first kappa shape index (κ1) is 13.4. The molecule has 4 nitrogen and oxygen atoms in total. The van der Waals surface area contributed by atoms with E-state index in [-0.39, 0.29) is 17.9 Å². The molecule has 4 heteroatoms. The summed E-state index contributed by atoms with van der Waals surface area (Å²) in [7, 11) is 0. The summed E-state index contributed by atoms with van der Waals surface area (Å²) in [4.78, 5) is 26.7. The Kier molecular flexibility index (Phi) is 2.76. The number of carbonyl (C=O) groups excluding carboxylic acids is 2. The average molecular weight is 289 g/mol. The molecule has 4 aliphatic rings. The minimum absolute atomic E-state index is 0.0810. The Morgan fingerprint density at radius 1 is 1.33 bits per heavy atom. The van der Waals surface area contributed by atoms with Crippen LogP contribution >= 0.6 is 0 Å². The molecule has 4 fully saturated rings. The highest BCUT2D eigenvalue weighted by Crippen LogP contribution is 2.57. The van der Waals surface area contributed by atoms with E-state index in [4.69, 9.17) is 4.74 Å². The molecular formula is C17H23NO3. The number of hydrogen-bond donors (Lipinski definition) is 0. The van der Waals surface area contributed by atoms with Gasteiger partial charge in [-0.1, -0.05) is 13.5 Å². The lowest BCUT2D eigenvalue weighted by atomic mass is 9.66. The predicted molar refractivity (Wildman–Crippen MR) is 77.4 cm³/mol. The van der Waals surface area contributed by atoms with E-state index >= 15 is 0 Å². The Bertz CT molecular complexity index is 510. The van der Waals surface area contributed by atoms with Crippen molar-refractivity contribution < 1.29 is 14.3 Å². The molecule has 4 heterocycles. The Morgan fingerprint density at radius 3 is 2.81 bits per heavy atom. The molecule has 1 spiro atoms. The minimum atomic E-state index is -0.486. The molecule has 4 rings (SSSR count). The van der Waals surface area contributed by atoms with Gasteiger partial charge in [0.15, 0.2) is 0 Å². The van der Waals surface area contributed by atoms with Crippen molar-refractivity contribution in [2.75, 3.05) is 0 Å². The zero-order valence-electron chi connectivity index (χ0n) is 12.6. The number of fused-ring (bicyclic) bond motifs is 1. The third-order valence-corrected chi connectivity index (χ3v) is 6.35. The molecule has 114 valence electrons. The van der Waals surface area contributed by atoms with Crippen LogP contribution in [0.25, 0.3) is 0 Å². The maximum atomic E-state index is 12.5. The van der Waals surface area contributed by atoms with Gasteiger partial charge < -0.3 is 9.64 Å². The summed E-state index contributed by atoms with van der Waals surface area (Å²) in [6.07, 6.45) is 6.40. The van der Waals surface area contributed by atoms with Gasteiger partial charge in [-0.25, -0.2) is 4.79 Å². The van der Waals surface area contributed by atoms with Crippen LogP contribution in [0.15, 0.2) is 12.2 Å². The Balaban J connectivity index is 1.84. The van der Waals surface area contributed by atoms with Crippen molar-refractivity contribution in [3.63, 3.8) is 0 Å². The van der Waals surface area contributed by atoms with Crippen LogP contribution in [0, 0.1) is 11.8 Å². The number of amides is 1. The molecule has 4 unspecified atom stereocenters. The molecule has 4 aliphatic heterocycles. The minimum Gasteiger partial charge on any atom is -0.453 e. The summed E-state index contributed by atoms with van der Waals surface area (Å²) in [6.45, 7) is 6.09. The first-order valence-corrected chi connectivity index (χ1v) is 8.30. The van der Waals surface area contributed by atoms with Crippen LogP contribution in [0.2, 0.25) is 0 Å². The van der Waals surface area contributed by atoms with E-state index in [1.807, 2.05) is 0 Å². The average Bonchev–Trinajstić information content (AvgIpc) is 2.93. The van der Waals surface area contributed by atoms with E-state index in [2.05, 4.69) is 18.4 Å². The smallest absolute Gasteiger partial charge is 0.334 e. The van der Waals surface area contributed by atoms with Crippen LogP contribution in [-0.4, -0.2) is 34.5 Å². The number of rotatable bonds is 1. The van der Waals surface area contributed by atoms with Gasteiger partial charge in [-0.15, -0.1) is 0 Å². The molecule has 4 saturated heterocycles. The fourth-order valence-corrected chi connectivity index (χ4v) is 5.71. The second-order valence-electron chi connectivity index (χ2n) is 7.16. The molecular weight excluding hydrogens is 266 g/mol. The third-order valence-electron chi connectivity index (χ3n) is 6.35. The summed E-state index contributed by atoms with van der Waals surface area (Å²) in [6, 6.07) is 0.464. The van der Waals surface area contributed by atoms with Crippen LogP contribution in [-0.2, 0) is 14.3 Å². The summed E-state index contributed by atoms with van der Waals surface area (Å²) >= 11 is 0. The van der Waals surface area contributed by atoms with Crippen LogP contribution < -0.4 is 0 Å². The Hall–Kier alpha value is -1.32. The summed E-state index contributed by atoms with van der Waals surface area (Å²) < 4.78 is 5.94. The third kappa shape index (κ3) is 1.56. The van der Waals surface area contributed by atoms with Crippen LogP contribution in [0.4, 0.5) is 0 Å². The van der Waals surface area contributed by atoms with Crippen LogP contribution in [0.1, 0.15) is 51.9 Å². The lowest BCUT2D eigenvalue weighted by molar-refractivity contribution is -0.181. The molecule has 1 amide bonds. The van der Waals surface area contributed by atoms with Crippen molar-refractivity contribution in [2.24, 2.45) is 11.8 Å². The van der Waals surface area contributed by atoms with Gasteiger partial charge in [0.2, 0.25) is 5.91 Å². The maximum absolute atomic E-state index is 12.5. The van der Waals surface area contributed by atoms with E-state index in [0.717, 1.165) is 32.1 Å². The highest BCUT2D eigenvalue weighted by Gasteiger charge is 2.66. The van der Waals surface area contributed by atoms with Crippen molar-refractivity contribution in [1.29, 1.82) is 0 Å². The first-order chi connectivity index (χ1) is 10.1. The van der Waals surface area contributed by atoms with Crippen molar-refractivity contribution in [3.05, 3.63) is 12.2 Å². The van der Waals surface area contributed by atoms with Gasteiger partial charge in [0.05, 0.1) is 6.04 Å². The second-order valence-corrected chi connectivity index (χ2v) is 7.16. The molecule has 0 aromatic heterocycles. The second kappa shape index (κ2) is 4.34. The summed E-state index contributed by atoms with van der Waals surface area (Å²) in [5.74, 6) is 0.885. The molecule has 21 heavy (non-hydrogen) atoms. The number of esters is 1. The SMILES string of the molecule is C=C1CC2(OC1=O)C1CCC3C(CCCC(=O)N31)[C@@H]2CC. The summed E-state index contributed by atoms with van der Waals surface area (Å²) in [5, 5.41) is 0. The zero-order chi connectivity index (χ0) is 14.8. The standard InChI is InChI=1S/C17H23NO3/c1-3-12-11-5-4-6-15(19)18-13(11)7-8-14(18)17(12)9-10(2)16(20)21-17/h11-14H,2-9H2,1H3/t11?,12-,13?,14?,17?/m0/s1. The van der Waals surface area contributed by atoms with Crippen LogP contribution in [0.5, 0.6) is 0 Å². The number of nitrogens with zero attached hydrogens (tertiary/aromatic N) is 1. The van der Waals surface area contributed by atoms with Gasteiger partial charge in [0, 0.05) is 30.4 Å². The zero-order valence-corrected chi connectivity index (χ0v) is 12.6. The van der Waals surface area contributed by atoms with E-state index in [0.29, 0.717) is 36.3 Å². The van der Waals surface area contributed by atoms with E-state index < -0.39 is 5.60 Å². The first-order valence-electron chi connectivity index (χ1n) is 8.30. The quantitative estimate of drug-likeness (QED) is 0.550. The molecule has 4 bridgehead atoms. The highest BCUT2D eigenvalue weighted by molar-refractivity contribution is 5.91. The van der Waals surface area contributed by atoms with Gasteiger partial charge in [-0.05, 0) is 38.0 Å². The molecule has 0 aromatic carbocycles.